The Hall–Kier alpha value is -1.03. The Morgan fingerprint density at radius 3 is 2.30 bits per heavy atom. The van der Waals surface area contributed by atoms with Crippen LogP contribution in [0.2, 0.25) is 0 Å². The maximum atomic E-state index is 12.8. The lowest BCUT2D eigenvalue weighted by Gasteiger charge is -2.32. The number of aliphatic imine (C=N–C) groups is 1. The number of hydrogen-bond acceptors (Lipinski definition) is 2. The SMILES string of the molecule is CCNC(=NCc1cccc(C(F)(F)F)c1)NCC(CC)(CC)CCO.I. The van der Waals surface area contributed by atoms with Crippen molar-refractivity contribution >= 4 is 29.9 Å². The summed E-state index contributed by atoms with van der Waals surface area (Å²) < 4.78 is 38.4. The van der Waals surface area contributed by atoms with Gasteiger partial charge in [0.1, 0.15) is 0 Å². The van der Waals surface area contributed by atoms with Gasteiger partial charge in [0.15, 0.2) is 5.96 Å². The number of aliphatic hydroxyl groups is 1. The fourth-order valence-electron chi connectivity index (χ4n) is 2.81. The van der Waals surface area contributed by atoms with Crippen LogP contribution < -0.4 is 10.6 Å². The Morgan fingerprint density at radius 2 is 1.78 bits per heavy atom. The molecule has 0 aliphatic rings. The van der Waals surface area contributed by atoms with Crippen LogP contribution >= 0.6 is 24.0 Å². The van der Waals surface area contributed by atoms with E-state index in [0.29, 0.717) is 31.0 Å². The average Bonchev–Trinajstić information content (AvgIpc) is 2.62. The van der Waals surface area contributed by atoms with Crippen LogP contribution in [-0.4, -0.2) is 30.8 Å². The minimum atomic E-state index is -4.35. The van der Waals surface area contributed by atoms with Crippen LogP contribution in [0.4, 0.5) is 13.2 Å². The molecule has 0 fully saturated rings. The van der Waals surface area contributed by atoms with E-state index in [1.54, 1.807) is 6.07 Å². The molecule has 0 radical (unpaired) electrons. The minimum Gasteiger partial charge on any atom is -0.396 e. The molecular formula is C19H31F3IN3O. The van der Waals surface area contributed by atoms with Gasteiger partial charge >= 0.3 is 6.18 Å². The van der Waals surface area contributed by atoms with Crippen LogP contribution in [0.1, 0.15) is 51.2 Å². The summed E-state index contributed by atoms with van der Waals surface area (Å²) in [6.45, 7) is 7.70. The summed E-state index contributed by atoms with van der Waals surface area (Å²) in [5, 5.41) is 15.7. The van der Waals surface area contributed by atoms with Crippen LogP contribution in [0.25, 0.3) is 0 Å². The molecule has 0 spiro atoms. The molecule has 0 aliphatic heterocycles. The molecule has 3 N–H and O–H groups in total. The zero-order valence-electron chi connectivity index (χ0n) is 16.2. The van der Waals surface area contributed by atoms with Crippen LogP contribution in [0.3, 0.4) is 0 Å². The quantitative estimate of drug-likeness (QED) is 0.264. The Balaban J connectivity index is 0.00000676. The van der Waals surface area contributed by atoms with Crippen LogP contribution in [-0.2, 0) is 12.7 Å². The van der Waals surface area contributed by atoms with Gasteiger partial charge in [-0.25, -0.2) is 4.99 Å². The third kappa shape index (κ3) is 8.68. The fourth-order valence-corrected chi connectivity index (χ4v) is 2.81. The van der Waals surface area contributed by atoms with Gasteiger partial charge < -0.3 is 15.7 Å². The normalized spacial score (nSPS) is 12.5. The van der Waals surface area contributed by atoms with Crippen molar-refractivity contribution in [3.8, 4) is 0 Å². The summed E-state index contributed by atoms with van der Waals surface area (Å²) in [6.07, 6.45) is -1.82. The second kappa shape index (κ2) is 12.4. The summed E-state index contributed by atoms with van der Waals surface area (Å²) in [5.74, 6) is 0.564. The number of hydrogen-bond donors (Lipinski definition) is 3. The van der Waals surface area contributed by atoms with Crippen LogP contribution in [0.5, 0.6) is 0 Å². The molecule has 0 heterocycles. The number of rotatable bonds is 9. The molecule has 27 heavy (non-hydrogen) atoms. The summed E-state index contributed by atoms with van der Waals surface area (Å²) in [4.78, 5) is 4.40. The van der Waals surface area contributed by atoms with Crippen molar-refractivity contribution in [2.24, 2.45) is 10.4 Å². The Kier molecular flexibility index (Phi) is 12.0. The van der Waals surface area contributed by atoms with Gasteiger partial charge in [0.05, 0.1) is 12.1 Å². The summed E-state index contributed by atoms with van der Waals surface area (Å²) >= 11 is 0. The smallest absolute Gasteiger partial charge is 0.396 e. The molecule has 1 aromatic rings. The number of alkyl halides is 3. The Bertz CT molecular complexity index is 576. The monoisotopic (exact) mass is 501 g/mol. The predicted molar refractivity (Wildman–Crippen MR) is 114 cm³/mol. The lowest BCUT2D eigenvalue weighted by Crippen LogP contribution is -2.43. The molecule has 0 saturated carbocycles. The highest BCUT2D eigenvalue weighted by atomic mass is 127. The molecule has 0 unspecified atom stereocenters. The van der Waals surface area contributed by atoms with Crippen molar-refractivity contribution in [3.63, 3.8) is 0 Å². The van der Waals surface area contributed by atoms with E-state index in [0.717, 1.165) is 25.0 Å². The van der Waals surface area contributed by atoms with Gasteiger partial charge in [0.2, 0.25) is 0 Å². The lowest BCUT2D eigenvalue weighted by molar-refractivity contribution is -0.137. The van der Waals surface area contributed by atoms with Gasteiger partial charge in [0, 0.05) is 19.7 Å². The first-order valence-corrected chi connectivity index (χ1v) is 9.09. The standard InChI is InChI=1S/C19H30F3N3O.HI/c1-4-18(5-2,10-11-26)14-25-17(23-6-3)24-13-15-8-7-9-16(12-15)19(20,21)22;/h7-9,12,26H,4-6,10-11,13-14H2,1-3H3,(H2,23,24,25);1H. The highest BCUT2D eigenvalue weighted by molar-refractivity contribution is 14.0. The third-order valence-electron chi connectivity index (χ3n) is 4.79. The van der Waals surface area contributed by atoms with E-state index < -0.39 is 11.7 Å². The van der Waals surface area contributed by atoms with E-state index in [-0.39, 0.29) is 42.5 Å². The van der Waals surface area contributed by atoms with Crippen LogP contribution in [0, 0.1) is 5.41 Å². The number of aliphatic hydroxyl groups excluding tert-OH is 1. The number of guanidine groups is 1. The molecule has 1 rings (SSSR count). The molecule has 0 atom stereocenters. The molecule has 8 heteroatoms. The molecule has 0 bridgehead atoms. The number of halogens is 4. The Labute approximate surface area is 177 Å². The number of benzene rings is 1. The van der Waals surface area contributed by atoms with Crippen molar-refractivity contribution < 1.29 is 18.3 Å². The Morgan fingerprint density at radius 1 is 1.11 bits per heavy atom. The summed E-state index contributed by atoms with van der Waals surface area (Å²) in [7, 11) is 0. The number of nitrogens with zero attached hydrogens (tertiary/aromatic N) is 1. The van der Waals surface area contributed by atoms with E-state index in [9.17, 15) is 18.3 Å². The summed E-state index contributed by atoms with van der Waals surface area (Å²) in [6, 6.07) is 5.22. The van der Waals surface area contributed by atoms with E-state index in [4.69, 9.17) is 0 Å². The molecular weight excluding hydrogens is 470 g/mol. The lowest BCUT2D eigenvalue weighted by atomic mass is 9.79. The van der Waals surface area contributed by atoms with E-state index in [1.807, 2.05) is 6.92 Å². The van der Waals surface area contributed by atoms with Crippen molar-refractivity contribution in [2.45, 2.75) is 52.8 Å². The highest BCUT2D eigenvalue weighted by Gasteiger charge is 2.30. The fraction of sp³-hybridized carbons (Fsp3) is 0.632. The topological polar surface area (TPSA) is 56.7 Å². The molecule has 1 aromatic carbocycles. The highest BCUT2D eigenvalue weighted by Crippen LogP contribution is 2.30. The molecule has 156 valence electrons. The van der Waals surface area contributed by atoms with E-state index in [1.165, 1.54) is 6.07 Å². The molecule has 0 amide bonds. The average molecular weight is 501 g/mol. The van der Waals surface area contributed by atoms with Crippen molar-refractivity contribution in [3.05, 3.63) is 35.4 Å². The summed E-state index contributed by atoms with van der Waals surface area (Å²) in [5.41, 5.74) is -0.187. The van der Waals surface area contributed by atoms with Crippen molar-refractivity contribution in [2.75, 3.05) is 19.7 Å². The van der Waals surface area contributed by atoms with Gasteiger partial charge in [-0.05, 0) is 49.3 Å². The largest absolute Gasteiger partial charge is 0.416 e. The third-order valence-corrected chi connectivity index (χ3v) is 4.79. The first-order valence-electron chi connectivity index (χ1n) is 9.09. The second-order valence-corrected chi connectivity index (χ2v) is 6.43. The van der Waals surface area contributed by atoms with Crippen molar-refractivity contribution in [1.29, 1.82) is 0 Å². The first-order chi connectivity index (χ1) is 12.3. The zero-order valence-corrected chi connectivity index (χ0v) is 18.5. The first kappa shape index (κ1) is 26.0. The van der Waals surface area contributed by atoms with E-state index >= 15 is 0 Å². The molecule has 0 aliphatic carbocycles. The second-order valence-electron chi connectivity index (χ2n) is 6.43. The van der Waals surface area contributed by atoms with Gasteiger partial charge in [-0.15, -0.1) is 24.0 Å². The maximum Gasteiger partial charge on any atom is 0.416 e. The van der Waals surface area contributed by atoms with E-state index in [2.05, 4.69) is 29.5 Å². The van der Waals surface area contributed by atoms with Gasteiger partial charge in [0.25, 0.3) is 0 Å². The predicted octanol–water partition coefficient (Wildman–Crippen LogP) is 4.57. The van der Waals surface area contributed by atoms with Crippen molar-refractivity contribution in [1.82, 2.24) is 10.6 Å². The molecule has 0 aromatic heterocycles. The van der Waals surface area contributed by atoms with Gasteiger partial charge in [-0.1, -0.05) is 26.0 Å². The van der Waals surface area contributed by atoms with Gasteiger partial charge in [-0.3, -0.25) is 0 Å². The molecule has 0 saturated heterocycles. The number of nitrogens with one attached hydrogen (secondary N) is 2. The van der Waals surface area contributed by atoms with Crippen LogP contribution in [0.15, 0.2) is 29.3 Å². The minimum absolute atomic E-state index is 0. The molecule has 4 nitrogen and oxygen atoms in total. The maximum absolute atomic E-state index is 12.8. The zero-order chi connectivity index (χ0) is 19.6. The van der Waals surface area contributed by atoms with Gasteiger partial charge in [-0.2, -0.15) is 13.2 Å².